The summed E-state index contributed by atoms with van der Waals surface area (Å²) in [5.41, 5.74) is 16.2. The largest absolute Gasteiger partial charge is 0.456 e. The van der Waals surface area contributed by atoms with Gasteiger partial charge in [0.2, 0.25) is 0 Å². The third-order valence-electron chi connectivity index (χ3n) is 8.70. The molecule has 3 nitrogen and oxygen atoms in total. The molecular weight excluding hydrogens is 579 g/mol. The fourth-order valence-electron chi connectivity index (χ4n) is 6.50. The molecule has 0 spiro atoms. The van der Waals surface area contributed by atoms with Crippen LogP contribution in [0.2, 0.25) is 0 Å². The molecule has 1 atom stereocenters. The second kappa shape index (κ2) is 11.7. The molecule has 0 saturated carbocycles. The van der Waals surface area contributed by atoms with Gasteiger partial charge in [0, 0.05) is 34.1 Å². The molecule has 2 N–H and O–H groups in total. The topological polar surface area (TPSA) is 42.4 Å². The van der Waals surface area contributed by atoms with E-state index in [1.807, 2.05) is 12.1 Å². The van der Waals surface area contributed by atoms with Crippen LogP contribution in [0.4, 0.5) is 17.1 Å². The first kappa shape index (κ1) is 27.9. The number of fused-ring (bicyclic) bond motifs is 4. The number of hydrogen-bond donors (Lipinski definition) is 1. The van der Waals surface area contributed by atoms with Crippen molar-refractivity contribution in [2.45, 2.75) is 0 Å². The summed E-state index contributed by atoms with van der Waals surface area (Å²) in [6.07, 6.45) is 3.43. The average Bonchev–Trinajstić information content (AvgIpc) is 3.43. The van der Waals surface area contributed by atoms with E-state index in [1.54, 1.807) is 6.20 Å². The van der Waals surface area contributed by atoms with E-state index in [0.717, 1.165) is 39.1 Å². The van der Waals surface area contributed by atoms with Crippen molar-refractivity contribution in [2.24, 2.45) is 5.73 Å². The quantitative estimate of drug-likeness (QED) is 0.150. The molecule has 0 fully saturated rings. The van der Waals surface area contributed by atoms with Crippen LogP contribution in [-0.4, -0.2) is 0 Å². The lowest BCUT2D eigenvalue weighted by molar-refractivity contribution is 0.655. The van der Waals surface area contributed by atoms with Crippen LogP contribution in [-0.2, 0) is 0 Å². The molecule has 8 rings (SSSR count). The molecule has 1 heterocycles. The predicted octanol–water partition coefficient (Wildman–Crippen LogP) is 11.0. The Balaban J connectivity index is 1.25. The van der Waals surface area contributed by atoms with Crippen LogP contribution < -0.4 is 16.1 Å². The van der Waals surface area contributed by atoms with Gasteiger partial charge >= 0.3 is 0 Å². The molecule has 7 aromatic carbocycles. The Labute approximate surface area is 270 Å². The van der Waals surface area contributed by atoms with Gasteiger partial charge in [-0.3, -0.25) is 0 Å². The Kier molecular flexibility index (Phi) is 7.10. The van der Waals surface area contributed by atoms with Gasteiger partial charge in [-0.05, 0) is 98.5 Å². The Bertz CT molecular complexity index is 2370. The van der Waals surface area contributed by atoms with Crippen LogP contribution in [0.1, 0.15) is 5.56 Å². The third-order valence-corrected chi connectivity index (χ3v) is 9.13. The van der Waals surface area contributed by atoms with E-state index in [4.69, 9.17) is 10.2 Å². The Morgan fingerprint density at radius 2 is 1.11 bits per heavy atom. The maximum Gasteiger partial charge on any atom is 0.137 e. The molecule has 0 aliphatic heterocycles. The van der Waals surface area contributed by atoms with Crippen LogP contribution in [0, 0.1) is 0 Å². The molecule has 8 aromatic rings. The van der Waals surface area contributed by atoms with Crippen LogP contribution in [0.25, 0.3) is 60.8 Å². The Hall–Kier alpha value is -5.63. The molecule has 220 valence electrons. The fraction of sp³-hybridized carbons (Fsp3) is 0. The van der Waals surface area contributed by atoms with E-state index >= 15 is 0 Å². The minimum absolute atomic E-state index is 0.763. The third kappa shape index (κ3) is 4.92. The molecule has 46 heavy (non-hydrogen) atoms. The van der Waals surface area contributed by atoms with Crippen molar-refractivity contribution in [3.63, 3.8) is 0 Å². The number of benzene rings is 7. The lowest BCUT2D eigenvalue weighted by Gasteiger charge is -2.26. The highest BCUT2D eigenvalue weighted by atomic mass is 31.0. The summed E-state index contributed by atoms with van der Waals surface area (Å²) in [4.78, 5) is 2.28. The summed E-state index contributed by atoms with van der Waals surface area (Å²) < 4.78 is 6.17. The highest BCUT2D eigenvalue weighted by Gasteiger charge is 2.17. The van der Waals surface area contributed by atoms with Crippen molar-refractivity contribution in [3.05, 3.63) is 163 Å². The number of anilines is 3. The summed E-state index contributed by atoms with van der Waals surface area (Å²) in [6, 6.07) is 54.0. The smallest absolute Gasteiger partial charge is 0.137 e. The van der Waals surface area contributed by atoms with Crippen LogP contribution in [0.5, 0.6) is 0 Å². The van der Waals surface area contributed by atoms with Crippen molar-refractivity contribution >= 4 is 70.4 Å². The van der Waals surface area contributed by atoms with Crippen LogP contribution >= 0.6 is 9.24 Å². The first-order valence-electron chi connectivity index (χ1n) is 15.3. The minimum atomic E-state index is 0.763. The van der Waals surface area contributed by atoms with Crippen molar-refractivity contribution in [1.82, 2.24) is 0 Å². The molecule has 4 heteroatoms. The normalized spacial score (nSPS) is 11.6. The lowest BCUT2D eigenvalue weighted by Crippen LogP contribution is -2.09. The summed E-state index contributed by atoms with van der Waals surface area (Å²) in [7, 11) is 2.68. The van der Waals surface area contributed by atoms with Gasteiger partial charge in [-0.2, -0.15) is 0 Å². The van der Waals surface area contributed by atoms with Crippen molar-refractivity contribution in [1.29, 1.82) is 0 Å². The summed E-state index contributed by atoms with van der Waals surface area (Å²) in [6.45, 7) is 0. The molecule has 0 aliphatic rings. The lowest BCUT2D eigenvalue weighted by atomic mass is 9.93. The zero-order valence-corrected chi connectivity index (χ0v) is 26.3. The molecule has 1 unspecified atom stereocenters. The monoisotopic (exact) mass is 610 g/mol. The van der Waals surface area contributed by atoms with Crippen molar-refractivity contribution in [3.8, 4) is 22.3 Å². The van der Waals surface area contributed by atoms with Gasteiger partial charge in [0.25, 0.3) is 0 Å². The van der Waals surface area contributed by atoms with Gasteiger partial charge in [-0.1, -0.05) is 112 Å². The van der Waals surface area contributed by atoms with E-state index < -0.39 is 0 Å². The average molecular weight is 611 g/mol. The maximum atomic E-state index is 6.17. The van der Waals surface area contributed by atoms with E-state index in [0.29, 0.717) is 0 Å². The van der Waals surface area contributed by atoms with E-state index in [9.17, 15) is 0 Å². The summed E-state index contributed by atoms with van der Waals surface area (Å²) in [5.74, 6) is 0. The number of nitrogens with zero attached hydrogens (tertiary/aromatic N) is 1. The molecular formula is C42H31N2OP. The van der Waals surface area contributed by atoms with Gasteiger partial charge in [-0.25, -0.2) is 0 Å². The van der Waals surface area contributed by atoms with E-state index in [1.165, 1.54) is 43.8 Å². The molecule has 0 radical (unpaired) electrons. The summed E-state index contributed by atoms with van der Waals surface area (Å²) in [5, 5.41) is 6.05. The fourth-order valence-corrected chi connectivity index (χ4v) is 6.87. The maximum absolute atomic E-state index is 6.17. The summed E-state index contributed by atoms with van der Waals surface area (Å²) >= 11 is 0. The van der Waals surface area contributed by atoms with Gasteiger partial charge in [0.05, 0.1) is 0 Å². The molecule has 0 bridgehead atoms. The highest BCUT2D eigenvalue weighted by molar-refractivity contribution is 7.27. The molecule has 0 amide bonds. The molecule has 0 saturated heterocycles. The van der Waals surface area contributed by atoms with Crippen molar-refractivity contribution < 1.29 is 4.42 Å². The Morgan fingerprint density at radius 3 is 1.83 bits per heavy atom. The van der Waals surface area contributed by atoms with E-state index in [-0.39, 0.29) is 0 Å². The zero-order chi connectivity index (χ0) is 31.0. The Morgan fingerprint density at radius 1 is 0.522 bits per heavy atom. The number of rotatable bonds is 6. The molecule has 1 aromatic heterocycles. The minimum Gasteiger partial charge on any atom is -0.456 e. The SMILES string of the molecule is N/C=C\c1c(P)oc2cc(N(c3ccc(-c4ccccc4)cc3)c3ccc(-c4cc5ccccc5c5ccccc45)cc3)ccc12. The highest BCUT2D eigenvalue weighted by Crippen LogP contribution is 2.40. The predicted molar refractivity (Wildman–Crippen MR) is 199 cm³/mol. The molecule has 0 aliphatic carbocycles. The van der Waals surface area contributed by atoms with Gasteiger partial charge in [0.1, 0.15) is 11.1 Å². The number of nitrogens with two attached hydrogens (primary N) is 1. The van der Waals surface area contributed by atoms with Crippen molar-refractivity contribution in [2.75, 3.05) is 4.90 Å². The zero-order valence-electron chi connectivity index (χ0n) is 25.1. The van der Waals surface area contributed by atoms with Gasteiger partial charge < -0.3 is 15.1 Å². The standard InChI is InChI=1S/C42H31N2OP/c43-25-24-39-38-23-22-34(27-41(38)45-42(39)46)44(32-18-14-29(15-19-32)28-8-2-1-3-9-28)33-20-16-30(17-21-33)40-26-31-10-4-5-11-35(31)36-12-6-7-13-37(36)40/h1-27H,43,46H2/b25-24-. The second-order valence-corrected chi connectivity index (χ2v) is 11.9. The van der Waals surface area contributed by atoms with Gasteiger partial charge in [0.15, 0.2) is 0 Å². The second-order valence-electron chi connectivity index (χ2n) is 11.4. The van der Waals surface area contributed by atoms with Crippen LogP contribution in [0.3, 0.4) is 0 Å². The van der Waals surface area contributed by atoms with Crippen LogP contribution in [0.15, 0.2) is 162 Å². The first-order valence-corrected chi connectivity index (χ1v) is 15.9. The van der Waals surface area contributed by atoms with Gasteiger partial charge in [-0.15, -0.1) is 0 Å². The first-order chi connectivity index (χ1) is 22.7. The number of furan rings is 1. The number of hydrogen-bond acceptors (Lipinski definition) is 3. The van der Waals surface area contributed by atoms with E-state index in [2.05, 4.69) is 160 Å².